The predicted molar refractivity (Wildman–Crippen MR) is 132 cm³/mol. The molecule has 2 aromatic heterocycles. The van der Waals surface area contributed by atoms with Gasteiger partial charge in [0.2, 0.25) is 0 Å². The van der Waals surface area contributed by atoms with Crippen molar-refractivity contribution >= 4 is 33.4 Å². The van der Waals surface area contributed by atoms with E-state index in [1.165, 1.54) is 5.56 Å². The number of benzene rings is 2. The monoisotopic (exact) mass is 491 g/mol. The molecular formula is C26H26BrN3O2. The van der Waals surface area contributed by atoms with Crippen LogP contribution in [0.4, 0.5) is 5.82 Å². The van der Waals surface area contributed by atoms with E-state index in [2.05, 4.69) is 48.9 Å². The Balaban J connectivity index is 1.69. The second-order valence-electron chi connectivity index (χ2n) is 8.73. The smallest absolute Gasteiger partial charge is 0.343 e. The summed E-state index contributed by atoms with van der Waals surface area (Å²) in [5, 5.41) is 3.57. The van der Waals surface area contributed by atoms with E-state index >= 15 is 0 Å². The van der Waals surface area contributed by atoms with Gasteiger partial charge in [0.25, 0.3) is 0 Å². The number of carbonyl (C=O) groups excluding carboxylic acids is 1. The number of nitrogens with one attached hydrogen (secondary N) is 1. The number of fused-ring (bicyclic) bond motifs is 1. The second kappa shape index (κ2) is 8.79. The number of carbonyl (C=O) groups is 1. The van der Waals surface area contributed by atoms with Crippen molar-refractivity contribution in [2.45, 2.75) is 39.7 Å². The standard InChI is InChI=1S/C26H26BrN3O2/c1-5-17-9-11-18(12-10-17)25(31)32-21-8-6-7-19(15-21)23-24(29-26(2,3)4)30-16-20(27)13-14-22(30)28-23/h6-16,29H,5H2,1-4H3. The predicted octanol–water partition coefficient (Wildman–Crippen LogP) is 6.76. The number of hydrogen-bond acceptors (Lipinski definition) is 4. The van der Waals surface area contributed by atoms with Crippen LogP contribution in [0, 0.1) is 0 Å². The van der Waals surface area contributed by atoms with Gasteiger partial charge in [-0.15, -0.1) is 0 Å². The molecule has 0 atom stereocenters. The van der Waals surface area contributed by atoms with Gasteiger partial charge in [-0.3, -0.25) is 4.40 Å². The lowest BCUT2D eigenvalue weighted by molar-refractivity contribution is 0.0735. The number of hydrogen-bond donors (Lipinski definition) is 1. The fraction of sp³-hybridized carbons (Fsp3) is 0.231. The van der Waals surface area contributed by atoms with Crippen molar-refractivity contribution in [2.24, 2.45) is 0 Å². The molecule has 2 heterocycles. The van der Waals surface area contributed by atoms with E-state index in [0.29, 0.717) is 11.3 Å². The van der Waals surface area contributed by atoms with E-state index in [9.17, 15) is 4.79 Å². The number of aromatic nitrogens is 2. The maximum absolute atomic E-state index is 12.6. The first kappa shape index (κ1) is 22.1. The van der Waals surface area contributed by atoms with Crippen molar-refractivity contribution in [3.63, 3.8) is 0 Å². The van der Waals surface area contributed by atoms with E-state index in [4.69, 9.17) is 9.72 Å². The molecule has 0 unspecified atom stereocenters. The minimum absolute atomic E-state index is 0.165. The van der Waals surface area contributed by atoms with Crippen LogP contribution in [0.25, 0.3) is 16.9 Å². The highest BCUT2D eigenvalue weighted by atomic mass is 79.9. The number of ether oxygens (including phenoxy) is 1. The van der Waals surface area contributed by atoms with Gasteiger partial charge >= 0.3 is 5.97 Å². The van der Waals surface area contributed by atoms with Crippen LogP contribution in [0.1, 0.15) is 43.6 Å². The van der Waals surface area contributed by atoms with Crippen molar-refractivity contribution in [1.82, 2.24) is 9.38 Å². The number of esters is 1. The fourth-order valence-electron chi connectivity index (χ4n) is 3.44. The molecule has 0 saturated heterocycles. The molecular weight excluding hydrogens is 466 g/mol. The average Bonchev–Trinajstić information content (AvgIpc) is 3.10. The minimum Gasteiger partial charge on any atom is -0.423 e. The summed E-state index contributed by atoms with van der Waals surface area (Å²) in [6, 6.07) is 18.9. The van der Waals surface area contributed by atoms with Gasteiger partial charge in [-0.1, -0.05) is 31.2 Å². The Labute approximate surface area is 196 Å². The summed E-state index contributed by atoms with van der Waals surface area (Å²) in [5.74, 6) is 0.983. The van der Waals surface area contributed by atoms with E-state index < -0.39 is 0 Å². The highest BCUT2D eigenvalue weighted by Gasteiger charge is 2.20. The van der Waals surface area contributed by atoms with Crippen LogP contribution in [-0.4, -0.2) is 20.9 Å². The Morgan fingerprint density at radius 2 is 1.84 bits per heavy atom. The molecule has 164 valence electrons. The van der Waals surface area contributed by atoms with Gasteiger partial charge in [-0.25, -0.2) is 9.78 Å². The summed E-state index contributed by atoms with van der Waals surface area (Å²) >= 11 is 3.55. The molecule has 0 fully saturated rings. The fourth-order valence-corrected chi connectivity index (χ4v) is 3.78. The number of pyridine rings is 1. The van der Waals surface area contributed by atoms with Crippen LogP contribution < -0.4 is 10.1 Å². The van der Waals surface area contributed by atoms with Gasteiger partial charge in [0.05, 0.1) is 5.56 Å². The summed E-state index contributed by atoms with van der Waals surface area (Å²) < 4.78 is 8.66. The van der Waals surface area contributed by atoms with Crippen molar-refractivity contribution < 1.29 is 9.53 Å². The number of imidazole rings is 1. The number of nitrogens with zero attached hydrogens (tertiary/aromatic N) is 2. The van der Waals surface area contributed by atoms with Crippen LogP contribution in [0.5, 0.6) is 5.75 Å². The zero-order chi connectivity index (χ0) is 22.9. The minimum atomic E-state index is -0.378. The van der Waals surface area contributed by atoms with Crippen molar-refractivity contribution in [2.75, 3.05) is 5.32 Å². The van der Waals surface area contributed by atoms with E-state index in [1.807, 2.05) is 53.1 Å². The van der Waals surface area contributed by atoms with Gasteiger partial charge in [0, 0.05) is 21.8 Å². The molecule has 0 spiro atoms. The highest BCUT2D eigenvalue weighted by Crippen LogP contribution is 2.33. The quantitative estimate of drug-likeness (QED) is 0.247. The first-order valence-corrected chi connectivity index (χ1v) is 11.4. The second-order valence-corrected chi connectivity index (χ2v) is 9.64. The highest BCUT2D eigenvalue weighted by molar-refractivity contribution is 9.10. The number of halogens is 1. The molecule has 4 aromatic rings. The Morgan fingerprint density at radius 1 is 1.09 bits per heavy atom. The Morgan fingerprint density at radius 3 is 2.53 bits per heavy atom. The van der Waals surface area contributed by atoms with Gasteiger partial charge in [0.1, 0.15) is 22.9 Å². The number of aryl methyl sites for hydroxylation is 1. The lowest BCUT2D eigenvalue weighted by Gasteiger charge is -2.22. The Kier molecular flexibility index (Phi) is 6.07. The van der Waals surface area contributed by atoms with Crippen LogP contribution in [0.3, 0.4) is 0 Å². The molecule has 6 heteroatoms. The zero-order valence-electron chi connectivity index (χ0n) is 18.6. The average molecular weight is 492 g/mol. The number of rotatable bonds is 5. The van der Waals surface area contributed by atoms with Gasteiger partial charge < -0.3 is 10.1 Å². The summed E-state index contributed by atoms with van der Waals surface area (Å²) in [7, 11) is 0. The maximum atomic E-state index is 12.6. The lowest BCUT2D eigenvalue weighted by atomic mass is 10.1. The van der Waals surface area contributed by atoms with Crippen LogP contribution >= 0.6 is 15.9 Å². The first-order valence-electron chi connectivity index (χ1n) is 10.6. The summed E-state index contributed by atoms with van der Waals surface area (Å²) in [4.78, 5) is 17.5. The normalized spacial score (nSPS) is 11.5. The summed E-state index contributed by atoms with van der Waals surface area (Å²) in [5.41, 5.74) is 4.03. The SMILES string of the molecule is CCc1ccc(C(=O)Oc2cccc(-c3nc4ccc(Br)cn4c3NC(C)(C)C)c2)cc1. The Hall–Kier alpha value is -3.12. The number of anilines is 1. The molecule has 4 rings (SSSR count). The van der Waals surface area contributed by atoms with Gasteiger partial charge in [-0.2, -0.15) is 0 Å². The molecule has 0 saturated carbocycles. The molecule has 32 heavy (non-hydrogen) atoms. The molecule has 1 N–H and O–H groups in total. The maximum Gasteiger partial charge on any atom is 0.343 e. The summed E-state index contributed by atoms with van der Waals surface area (Å²) in [6.07, 6.45) is 2.92. The van der Waals surface area contributed by atoms with E-state index in [0.717, 1.165) is 33.6 Å². The zero-order valence-corrected chi connectivity index (χ0v) is 20.2. The molecule has 0 aliphatic carbocycles. The third-order valence-electron chi connectivity index (χ3n) is 4.99. The third-order valence-corrected chi connectivity index (χ3v) is 5.46. The van der Waals surface area contributed by atoms with Crippen LogP contribution in [0.2, 0.25) is 0 Å². The molecule has 0 radical (unpaired) electrons. The topological polar surface area (TPSA) is 55.6 Å². The van der Waals surface area contributed by atoms with Crippen molar-refractivity contribution in [3.8, 4) is 17.0 Å². The largest absolute Gasteiger partial charge is 0.423 e. The van der Waals surface area contributed by atoms with Crippen molar-refractivity contribution in [1.29, 1.82) is 0 Å². The van der Waals surface area contributed by atoms with Gasteiger partial charge in [0.15, 0.2) is 0 Å². The molecule has 2 aromatic carbocycles. The van der Waals surface area contributed by atoms with E-state index in [1.54, 1.807) is 18.2 Å². The first-order chi connectivity index (χ1) is 15.2. The third kappa shape index (κ3) is 4.86. The molecule has 0 aliphatic rings. The molecule has 5 nitrogen and oxygen atoms in total. The summed E-state index contributed by atoms with van der Waals surface area (Å²) in [6.45, 7) is 8.40. The molecule has 0 bridgehead atoms. The van der Waals surface area contributed by atoms with Crippen LogP contribution in [-0.2, 0) is 6.42 Å². The van der Waals surface area contributed by atoms with Crippen LogP contribution in [0.15, 0.2) is 71.3 Å². The van der Waals surface area contributed by atoms with E-state index in [-0.39, 0.29) is 11.5 Å². The van der Waals surface area contributed by atoms with Crippen molar-refractivity contribution in [3.05, 3.63) is 82.5 Å². The molecule has 0 amide bonds. The molecule has 0 aliphatic heterocycles. The Bertz CT molecular complexity index is 1270. The van der Waals surface area contributed by atoms with Gasteiger partial charge in [-0.05, 0) is 85.1 Å². The lowest BCUT2D eigenvalue weighted by Crippen LogP contribution is -2.27.